The Morgan fingerprint density at radius 2 is 1.79 bits per heavy atom. The highest BCUT2D eigenvalue weighted by atomic mass is 19.3. The van der Waals surface area contributed by atoms with Crippen LogP contribution in [0.1, 0.15) is 65.2 Å². The predicted octanol–water partition coefficient (Wildman–Crippen LogP) is 4.79. The number of hydrogen-bond acceptors (Lipinski definition) is 3. The van der Waals surface area contributed by atoms with Gasteiger partial charge in [-0.25, -0.2) is 27.1 Å². The first-order valence-corrected chi connectivity index (χ1v) is 8.64. The Labute approximate surface area is 158 Å². The van der Waals surface area contributed by atoms with E-state index in [0.29, 0.717) is 12.5 Å². The van der Waals surface area contributed by atoms with E-state index in [2.05, 4.69) is 15.4 Å². The molecule has 28 heavy (non-hydrogen) atoms. The van der Waals surface area contributed by atoms with Gasteiger partial charge in [0.25, 0.3) is 18.8 Å². The number of aryl methyl sites for hydroxylation is 1. The second-order valence-electron chi connectivity index (χ2n) is 6.35. The molecule has 0 aliphatic carbocycles. The van der Waals surface area contributed by atoms with Crippen molar-refractivity contribution in [1.29, 1.82) is 0 Å². The van der Waals surface area contributed by atoms with Gasteiger partial charge in [0.2, 0.25) is 0 Å². The number of benzene rings is 1. The van der Waals surface area contributed by atoms with Crippen LogP contribution in [0, 0.1) is 6.92 Å². The molecule has 1 unspecified atom stereocenters. The zero-order valence-electron chi connectivity index (χ0n) is 15.2. The van der Waals surface area contributed by atoms with Crippen molar-refractivity contribution in [3.8, 4) is 0 Å². The van der Waals surface area contributed by atoms with E-state index >= 15 is 0 Å². The Bertz CT molecular complexity index is 986. The van der Waals surface area contributed by atoms with Crippen LogP contribution < -0.4 is 5.32 Å². The molecule has 0 bridgehead atoms. The third kappa shape index (κ3) is 3.97. The Morgan fingerprint density at radius 1 is 1.11 bits per heavy atom. The monoisotopic (exact) mass is 394 g/mol. The first kappa shape index (κ1) is 19.8. The predicted molar refractivity (Wildman–Crippen MR) is 94.6 cm³/mol. The van der Waals surface area contributed by atoms with Crippen molar-refractivity contribution >= 4 is 11.6 Å². The van der Waals surface area contributed by atoms with Crippen LogP contribution in [0.3, 0.4) is 0 Å². The van der Waals surface area contributed by atoms with Crippen LogP contribution in [0.4, 0.5) is 17.6 Å². The van der Waals surface area contributed by atoms with Crippen molar-refractivity contribution < 1.29 is 22.4 Å². The number of halogens is 4. The number of carbonyl (C=O) groups excluding carboxylic acids is 1. The maximum atomic E-state index is 13.2. The van der Waals surface area contributed by atoms with Crippen LogP contribution in [0.15, 0.2) is 36.4 Å². The van der Waals surface area contributed by atoms with Crippen molar-refractivity contribution in [3.05, 3.63) is 64.6 Å². The third-order valence-corrected chi connectivity index (χ3v) is 4.35. The number of carbonyl (C=O) groups is 1. The molecule has 9 heteroatoms. The fourth-order valence-corrected chi connectivity index (χ4v) is 2.85. The number of nitrogens with one attached hydrogen (secondary N) is 1. The van der Waals surface area contributed by atoms with Crippen molar-refractivity contribution in [1.82, 2.24) is 19.9 Å². The standard InChI is InChI=1S/C19H18F4N4O/c1-3-12(11-6-4-10(2)5-7-11)25-19(28)14-9-16-24-13(17(20)21)8-15(18(22)23)27(16)26-14/h4-9,12,17-18H,3H2,1-2H3,(H,25,28). The molecule has 2 aromatic heterocycles. The summed E-state index contributed by atoms with van der Waals surface area (Å²) in [6, 6.07) is 9.02. The summed E-state index contributed by atoms with van der Waals surface area (Å²) < 4.78 is 53.0. The molecule has 3 rings (SSSR count). The molecule has 1 amide bonds. The van der Waals surface area contributed by atoms with Gasteiger partial charge in [-0.3, -0.25) is 4.79 Å². The SMILES string of the molecule is CCC(NC(=O)c1cc2nc(C(F)F)cc(C(F)F)n2n1)c1ccc(C)cc1. The molecular formula is C19H18F4N4O. The number of hydrogen-bond donors (Lipinski definition) is 1. The summed E-state index contributed by atoms with van der Waals surface area (Å²) in [7, 11) is 0. The summed E-state index contributed by atoms with van der Waals surface area (Å²) in [6.45, 7) is 3.83. The van der Waals surface area contributed by atoms with Gasteiger partial charge in [0.15, 0.2) is 11.3 Å². The molecule has 1 N–H and O–H groups in total. The van der Waals surface area contributed by atoms with E-state index in [0.717, 1.165) is 21.7 Å². The topological polar surface area (TPSA) is 59.3 Å². The molecule has 2 heterocycles. The lowest BCUT2D eigenvalue weighted by atomic mass is 10.0. The second-order valence-corrected chi connectivity index (χ2v) is 6.35. The molecule has 0 saturated carbocycles. The quantitative estimate of drug-likeness (QED) is 0.612. The minimum atomic E-state index is -3.05. The normalized spacial score (nSPS) is 12.7. The Morgan fingerprint density at radius 3 is 2.36 bits per heavy atom. The van der Waals surface area contributed by atoms with Gasteiger partial charge in [0.1, 0.15) is 11.4 Å². The molecule has 0 saturated heterocycles. The zero-order valence-corrected chi connectivity index (χ0v) is 15.2. The lowest BCUT2D eigenvalue weighted by Crippen LogP contribution is -2.28. The summed E-state index contributed by atoms with van der Waals surface area (Å²) in [5.41, 5.74) is 0.0148. The van der Waals surface area contributed by atoms with E-state index in [9.17, 15) is 22.4 Å². The van der Waals surface area contributed by atoms with Crippen molar-refractivity contribution in [3.63, 3.8) is 0 Å². The van der Waals surface area contributed by atoms with Crippen LogP contribution in [0.2, 0.25) is 0 Å². The van der Waals surface area contributed by atoms with Gasteiger partial charge in [-0.05, 0) is 25.0 Å². The highest BCUT2D eigenvalue weighted by molar-refractivity contribution is 5.93. The Kier molecular flexibility index (Phi) is 5.62. The third-order valence-electron chi connectivity index (χ3n) is 4.35. The van der Waals surface area contributed by atoms with Gasteiger partial charge >= 0.3 is 0 Å². The fraction of sp³-hybridized carbons (Fsp3) is 0.316. The molecule has 5 nitrogen and oxygen atoms in total. The summed E-state index contributed by atoms with van der Waals surface area (Å²) in [6.07, 6.45) is -5.46. The minimum Gasteiger partial charge on any atom is -0.344 e. The lowest BCUT2D eigenvalue weighted by molar-refractivity contribution is 0.0929. The molecule has 0 aliphatic heterocycles. The number of fused-ring (bicyclic) bond motifs is 1. The molecule has 0 spiro atoms. The van der Waals surface area contributed by atoms with Gasteiger partial charge < -0.3 is 5.32 Å². The maximum Gasteiger partial charge on any atom is 0.280 e. The maximum absolute atomic E-state index is 13.2. The average Bonchev–Trinajstić information content (AvgIpc) is 3.10. The molecule has 0 aliphatic rings. The molecular weight excluding hydrogens is 376 g/mol. The Hall–Kier alpha value is -2.97. The first-order valence-electron chi connectivity index (χ1n) is 8.64. The highest BCUT2D eigenvalue weighted by Crippen LogP contribution is 2.25. The first-order chi connectivity index (χ1) is 13.3. The average molecular weight is 394 g/mol. The highest BCUT2D eigenvalue weighted by Gasteiger charge is 2.23. The van der Waals surface area contributed by atoms with E-state index < -0.39 is 30.1 Å². The van der Waals surface area contributed by atoms with Crippen LogP contribution >= 0.6 is 0 Å². The smallest absolute Gasteiger partial charge is 0.280 e. The molecule has 3 aromatic rings. The summed E-state index contributed by atoms with van der Waals surface area (Å²) in [5, 5.41) is 6.63. The van der Waals surface area contributed by atoms with Gasteiger partial charge in [-0.2, -0.15) is 5.10 Å². The Balaban J connectivity index is 1.93. The van der Waals surface area contributed by atoms with Crippen LogP contribution in [0.5, 0.6) is 0 Å². The molecule has 1 aromatic carbocycles. The lowest BCUT2D eigenvalue weighted by Gasteiger charge is -2.17. The number of aromatic nitrogens is 3. The molecule has 0 fully saturated rings. The summed E-state index contributed by atoms with van der Waals surface area (Å²) in [4.78, 5) is 16.2. The fourth-order valence-electron chi connectivity index (χ4n) is 2.85. The van der Waals surface area contributed by atoms with Crippen molar-refractivity contribution in [2.75, 3.05) is 0 Å². The van der Waals surface area contributed by atoms with E-state index in [4.69, 9.17) is 0 Å². The zero-order chi connectivity index (χ0) is 20.4. The van der Waals surface area contributed by atoms with E-state index in [1.165, 1.54) is 0 Å². The number of nitrogens with zero attached hydrogens (tertiary/aromatic N) is 3. The summed E-state index contributed by atoms with van der Waals surface area (Å²) in [5.74, 6) is -0.600. The second kappa shape index (κ2) is 7.95. The van der Waals surface area contributed by atoms with Gasteiger partial charge in [-0.1, -0.05) is 36.8 Å². The van der Waals surface area contributed by atoms with Crippen molar-refractivity contribution in [2.24, 2.45) is 0 Å². The molecule has 1 atom stereocenters. The van der Waals surface area contributed by atoms with Crippen LogP contribution in [-0.4, -0.2) is 20.5 Å². The van der Waals surface area contributed by atoms with Crippen molar-refractivity contribution in [2.45, 2.75) is 39.2 Å². The van der Waals surface area contributed by atoms with Crippen LogP contribution in [-0.2, 0) is 0 Å². The van der Waals surface area contributed by atoms with E-state index in [1.807, 2.05) is 38.1 Å². The molecule has 0 radical (unpaired) electrons. The van der Waals surface area contributed by atoms with Gasteiger partial charge in [0.05, 0.1) is 6.04 Å². The number of rotatable bonds is 6. The van der Waals surface area contributed by atoms with Gasteiger partial charge in [0, 0.05) is 6.07 Å². The summed E-state index contributed by atoms with van der Waals surface area (Å²) >= 11 is 0. The largest absolute Gasteiger partial charge is 0.344 e. The molecule has 148 valence electrons. The van der Waals surface area contributed by atoms with Gasteiger partial charge in [-0.15, -0.1) is 0 Å². The minimum absolute atomic E-state index is 0.175. The number of amides is 1. The van der Waals surface area contributed by atoms with E-state index in [-0.39, 0.29) is 17.4 Å². The number of alkyl halides is 4. The van der Waals surface area contributed by atoms with E-state index in [1.54, 1.807) is 0 Å². The van der Waals surface area contributed by atoms with Crippen LogP contribution in [0.25, 0.3) is 5.65 Å².